The molecule has 0 fully saturated rings. The van der Waals surface area contributed by atoms with Gasteiger partial charge >= 0.3 is 0 Å². The van der Waals surface area contributed by atoms with Crippen LogP contribution in [0.1, 0.15) is 30.0 Å². The highest BCUT2D eigenvalue weighted by Gasteiger charge is 2.09. The van der Waals surface area contributed by atoms with Gasteiger partial charge < -0.3 is 0 Å². The van der Waals surface area contributed by atoms with Gasteiger partial charge in [0.1, 0.15) is 5.82 Å². The lowest BCUT2D eigenvalue weighted by molar-refractivity contribution is 0.643. The summed E-state index contributed by atoms with van der Waals surface area (Å²) in [4.78, 5) is 0. The fourth-order valence-electron chi connectivity index (χ4n) is 3.54. The lowest BCUT2D eigenvalue weighted by Crippen LogP contribution is -1.88. The molecule has 31 heavy (non-hydrogen) atoms. The Bertz CT molecular complexity index is 1290. The highest BCUT2D eigenvalue weighted by molar-refractivity contribution is 6.30. The summed E-state index contributed by atoms with van der Waals surface area (Å²) < 4.78 is 15.1. The van der Waals surface area contributed by atoms with Crippen LogP contribution in [0, 0.1) is 17.7 Å². The van der Waals surface area contributed by atoms with Crippen LogP contribution < -0.4 is 0 Å². The van der Waals surface area contributed by atoms with E-state index in [9.17, 15) is 0 Å². The first-order valence-electron chi connectivity index (χ1n) is 10.3. The van der Waals surface area contributed by atoms with Crippen LogP contribution in [0.3, 0.4) is 0 Å². The molecule has 0 amide bonds. The summed E-state index contributed by atoms with van der Waals surface area (Å²) in [6, 6.07) is 24.9. The van der Waals surface area contributed by atoms with Gasteiger partial charge in [-0.25, -0.2) is 4.39 Å². The number of aryl methyl sites for hydroxylation is 1. The van der Waals surface area contributed by atoms with Crippen molar-refractivity contribution in [1.82, 2.24) is 0 Å². The van der Waals surface area contributed by atoms with Gasteiger partial charge in [-0.2, -0.15) is 0 Å². The van der Waals surface area contributed by atoms with Crippen molar-refractivity contribution in [3.05, 3.63) is 119 Å². The van der Waals surface area contributed by atoms with Gasteiger partial charge in [-0.1, -0.05) is 78.1 Å². The molecule has 0 spiro atoms. The number of fused-ring (bicyclic) bond motifs is 1. The number of rotatable bonds is 4. The Morgan fingerprint density at radius 3 is 2.29 bits per heavy atom. The summed E-state index contributed by atoms with van der Waals surface area (Å²) in [6.07, 6.45) is 6.34. The smallest absolute Gasteiger partial charge is 0.138 e. The molecule has 0 unspecified atom stereocenters. The molecule has 0 aliphatic heterocycles. The van der Waals surface area contributed by atoms with E-state index in [1.165, 1.54) is 5.56 Å². The van der Waals surface area contributed by atoms with Crippen molar-refractivity contribution in [3.8, 4) is 23.0 Å². The summed E-state index contributed by atoms with van der Waals surface area (Å²) in [5, 5.41) is 2.06. The molecular formula is C29H22ClF. The molecule has 2 heteroatoms. The summed E-state index contributed by atoms with van der Waals surface area (Å²) in [5.74, 6) is 6.18. The van der Waals surface area contributed by atoms with E-state index in [4.69, 9.17) is 11.6 Å². The van der Waals surface area contributed by atoms with Crippen molar-refractivity contribution in [2.75, 3.05) is 0 Å². The molecule has 0 aliphatic carbocycles. The standard InChI is InChI=1S/C29H22ClF/c1-2-3-4-5-21-6-8-22(9-7-21)10-11-23-12-18-28-25(20-23)15-19-27(29(28)31)24-13-16-26(30)17-14-24/h2-3,6-9,12-20H,4-5H2,1H3/b3-2+. The first kappa shape index (κ1) is 20.9. The van der Waals surface area contributed by atoms with E-state index < -0.39 is 0 Å². The van der Waals surface area contributed by atoms with Crippen LogP contribution in [0.5, 0.6) is 0 Å². The normalized spacial score (nSPS) is 10.9. The van der Waals surface area contributed by atoms with E-state index in [2.05, 4.69) is 48.3 Å². The van der Waals surface area contributed by atoms with Crippen LogP contribution in [0.2, 0.25) is 5.02 Å². The minimum absolute atomic E-state index is 0.229. The van der Waals surface area contributed by atoms with E-state index >= 15 is 4.39 Å². The summed E-state index contributed by atoms with van der Waals surface area (Å²) in [5.41, 5.74) is 4.52. The third kappa shape index (κ3) is 5.05. The van der Waals surface area contributed by atoms with Gasteiger partial charge in [-0.3, -0.25) is 0 Å². The van der Waals surface area contributed by atoms with Gasteiger partial charge in [0, 0.05) is 27.1 Å². The third-order valence-corrected chi connectivity index (χ3v) is 5.50. The largest absolute Gasteiger partial charge is 0.206 e. The summed E-state index contributed by atoms with van der Waals surface area (Å²) in [7, 11) is 0. The van der Waals surface area contributed by atoms with Crippen LogP contribution in [-0.2, 0) is 6.42 Å². The van der Waals surface area contributed by atoms with Crippen molar-refractivity contribution < 1.29 is 4.39 Å². The van der Waals surface area contributed by atoms with Crippen molar-refractivity contribution in [2.24, 2.45) is 0 Å². The van der Waals surface area contributed by atoms with E-state index in [0.29, 0.717) is 16.0 Å². The lowest BCUT2D eigenvalue weighted by Gasteiger charge is -2.07. The zero-order chi connectivity index (χ0) is 21.6. The molecule has 0 N–H and O–H groups in total. The molecule has 0 aromatic heterocycles. The van der Waals surface area contributed by atoms with Crippen LogP contribution in [0.25, 0.3) is 21.9 Å². The maximum atomic E-state index is 15.1. The summed E-state index contributed by atoms with van der Waals surface area (Å²) in [6.45, 7) is 2.04. The number of halogens is 2. The predicted octanol–water partition coefficient (Wildman–Crippen LogP) is 8.21. The minimum Gasteiger partial charge on any atom is -0.206 e. The highest BCUT2D eigenvalue weighted by atomic mass is 35.5. The monoisotopic (exact) mass is 424 g/mol. The Morgan fingerprint density at radius 2 is 1.55 bits per heavy atom. The highest BCUT2D eigenvalue weighted by Crippen LogP contribution is 2.30. The van der Waals surface area contributed by atoms with Crippen LogP contribution in [-0.4, -0.2) is 0 Å². The van der Waals surface area contributed by atoms with Gasteiger partial charge in [-0.05, 0) is 72.7 Å². The molecule has 152 valence electrons. The van der Waals surface area contributed by atoms with Crippen molar-refractivity contribution >= 4 is 22.4 Å². The fraction of sp³-hybridized carbons (Fsp3) is 0.103. The molecular weight excluding hydrogens is 403 g/mol. The Balaban J connectivity index is 1.56. The van der Waals surface area contributed by atoms with Crippen LogP contribution in [0.4, 0.5) is 4.39 Å². The first-order chi connectivity index (χ1) is 15.1. The summed E-state index contributed by atoms with van der Waals surface area (Å²) >= 11 is 5.95. The zero-order valence-electron chi connectivity index (χ0n) is 17.3. The van der Waals surface area contributed by atoms with E-state index in [0.717, 1.165) is 34.9 Å². The minimum atomic E-state index is -0.229. The molecule has 0 saturated heterocycles. The number of benzene rings is 4. The predicted molar refractivity (Wildman–Crippen MR) is 130 cm³/mol. The number of hydrogen-bond acceptors (Lipinski definition) is 0. The van der Waals surface area contributed by atoms with E-state index in [1.807, 2.05) is 43.3 Å². The first-order valence-corrected chi connectivity index (χ1v) is 10.7. The second kappa shape index (κ2) is 9.65. The van der Waals surface area contributed by atoms with Gasteiger partial charge in [-0.15, -0.1) is 0 Å². The quantitative estimate of drug-likeness (QED) is 0.228. The Labute approximate surface area is 188 Å². The van der Waals surface area contributed by atoms with Crippen LogP contribution >= 0.6 is 11.6 Å². The fourth-order valence-corrected chi connectivity index (χ4v) is 3.66. The average molecular weight is 425 g/mol. The molecule has 4 aromatic carbocycles. The maximum Gasteiger partial charge on any atom is 0.138 e. The van der Waals surface area contributed by atoms with Gasteiger partial charge in [0.25, 0.3) is 0 Å². The van der Waals surface area contributed by atoms with Crippen LogP contribution in [0.15, 0.2) is 91.0 Å². The average Bonchev–Trinajstić information content (AvgIpc) is 2.80. The van der Waals surface area contributed by atoms with E-state index in [-0.39, 0.29) is 5.82 Å². The van der Waals surface area contributed by atoms with Gasteiger partial charge in [0.2, 0.25) is 0 Å². The molecule has 0 heterocycles. The number of hydrogen-bond donors (Lipinski definition) is 0. The molecule has 0 saturated carbocycles. The third-order valence-electron chi connectivity index (χ3n) is 5.25. The molecule has 0 atom stereocenters. The molecule has 4 rings (SSSR count). The Hall–Kier alpha value is -3.34. The van der Waals surface area contributed by atoms with Gasteiger partial charge in [0.05, 0.1) is 0 Å². The molecule has 0 aliphatic rings. The molecule has 4 aromatic rings. The second-order valence-corrected chi connectivity index (χ2v) is 7.86. The SMILES string of the molecule is C/C=C/CCc1ccc(C#Cc2ccc3c(F)c(-c4ccc(Cl)cc4)ccc3c2)cc1. The van der Waals surface area contributed by atoms with Crippen molar-refractivity contribution in [2.45, 2.75) is 19.8 Å². The second-order valence-electron chi connectivity index (χ2n) is 7.42. The molecule has 0 bridgehead atoms. The Morgan fingerprint density at radius 1 is 0.839 bits per heavy atom. The maximum absolute atomic E-state index is 15.1. The van der Waals surface area contributed by atoms with E-state index in [1.54, 1.807) is 18.2 Å². The zero-order valence-corrected chi connectivity index (χ0v) is 18.1. The molecule has 0 radical (unpaired) electrons. The lowest BCUT2D eigenvalue weighted by atomic mass is 9.99. The van der Waals surface area contributed by atoms with Gasteiger partial charge in [0.15, 0.2) is 0 Å². The van der Waals surface area contributed by atoms with Crippen molar-refractivity contribution in [1.29, 1.82) is 0 Å². The number of allylic oxidation sites excluding steroid dienone is 2. The Kier molecular flexibility index (Phi) is 6.51. The molecule has 0 nitrogen and oxygen atoms in total. The topological polar surface area (TPSA) is 0 Å². The van der Waals surface area contributed by atoms with Crippen molar-refractivity contribution in [3.63, 3.8) is 0 Å².